The van der Waals surface area contributed by atoms with Crippen LogP contribution < -0.4 is 10.5 Å². The highest BCUT2D eigenvalue weighted by atomic mass is 32.2. The fourth-order valence-corrected chi connectivity index (χ4v) is 3.91. The van der Waals surface area contributed by atoms with Gasteiger partial charge in [-0.15, -0.1) is 0 Å². The average Bonchev–Trinajstić information content (AvgIpc) is 2.85. The summed E-state index contributed by atoms with van der Waals surface area (Å²) in [4.78, 5) is -0.359. The highest BCUT2D eigenvalue weighted by Crippen LogP contribution is 2.24. The van der Waals surface area contributed by atoms with Crippen LogP contribution in [0.5, 0.6) is 0 Å². The van der Waals surface area contributed by atoms with E-state index in [0.29, 0.717) is 12.0 Å². The molecule has 112 valence electrons. The Morgan fingerprint density at radius 3 is 2.85 bits per heavy atom. The molecular formula is C13H19FN2O3S. The van der Waals surface area contributed by atoms with Crippen LogP contribution in [0.3, 0.4) is 0 Å². The van der Waals surface area contributed by atoms with Gasteiger partial charge in [-0.3, -0.25) is 0 Å². The van der Waals surface area contributed by atoms with Gasteiger partial charge in [0.2, 0.25) is 10.0 Å². The number of hydrogen-bond donors (Lipinski definition) is 2. The molecule has 0 bridgehead atoms. The smallest absolute Gasteiger partial charge is 0.243 e. The van der Waals surface area contributed by atoms with E-state index < -0.39 is 15.8 Å². The number of ether oxygens (including phenoxy) is 1. The van der Waals surface area contributed by atoms with Crippen LogP contribution in [-0.4, -0.2) is 27.7 Å². The van der Waals surface area contributed by atoms with Crippen molar-refractivity contribution >= 4 is 10.0 Å². The second kappa shape index (κ2) is 6.17. The lowest BCUT2D eigenvalue weighted by Crippen LogP contribution is -2.40. The third-order valence-electron chi connectivity index (χ3n) is 3.58. The topological polar surface area (TPSA) is 81.4 Å². The van der Waals surface area contributed by atoms with E-state index in [2.05, 4.69) is 4.72 Å². The van der Waals surface area contributed by atoms with E-state index in [1.165, 1.54) is 12.1 Å². The normalized spacial score (nSPS) is 23.1. The Kier molecular flexibility index (Phi) is 4.74. The van der Waals surface area contributed by atoms with Crippen LogP contribution in [-0.2, 0) is 21.3 Å². The molecule has 3 N–H and O–H groups in total. The third kappa shape index (κ3) is 3.17. The molecule has 20 heavy (non-hydrogen) atoms. The number of halogens is 1. The standard InChI is InChI=1S/C13H19FN2O3S/c1-19-12-4-2-3-11(12)16-20(17,18)13-7-9(8-15)5-6-10(13)14/h5-7,11-12,16H,2-4,8,15H2,1H3. The van der Waals surface area contributed by atoms with E-state index in [9.17, 15) is 12.8 Å². The largest absolute Gasteiger partial charge is 0.380 e. The summed E-state index contributed by atoms with van der Waals surface area (Å²) in [7, 11) is -2.36. The molecule has 1 aliphatic rings. The van der Waals surface area contributed by atoms with Crippen LogP contribution in [0.15, 0.2) is 23.1 Å². The van der Waals surface area contributed by atoms with Gasteiger partial charge in [-0.05, 0) is 37.0 Å². The lowest BCUT2D eigenvalue weighted by atomic mass is 10.2. The van der Waals surface area contributed by atoms with Crippen molar-refractivity contribution in [1.82, 2.24) is 4.72 Å². The van der Waals surface area contributed by atoms with Crippen LogP contribution >= 0.6 is 0 Å². The minimum Gasteiger partial charge on any atom is -0.380 e. The summed E-state index contributed by atoms with van der Waals surface area (Å²) in [5.41, 5.74) is 6.03. The van der Waals surface area contributed by atoms with Crippen molar-refractivity contribution in [2.45, 2.75) is 42.8 Å². The predicted octanol–water partition coefficient (Wildman–Crippen LogP) is 1.13. The Balaban J connectivity index is 2.26. The SMILES string of the molecule is COC1CCCC1NS(=O)(=O)c1cc(CN)ccc1F. The van der Waals surface area contributed by atoms with E-state index in [-0.39, 0.29) is 23.6 Å². The monoisotopic (exact) mass is 302 g/mol. The molecular weight excluding hydrogens is 283 g/mol. The van der Waals surface area contributed by atoms with Gasteiger partial charge < -0.3 is 10.5 Å². The van der Waals surface area contributed by atoms with Gasteiger partial charge in [-0.2, -0.15) is 0 Å². The summed E-state index contributed by atoms with van der Waals surface area (Å²) < 4.78 is 46.1. The predicted molar refractivity (Wildman–Crippen MR) is 73.0 cm³/mol. The van der Waals surface area contributed by atoms with E-state index in [0.717, 1.165) is 18.9 Å². The van der Waals surface area contributed by atoms with E-state index >= 15 is 0 Å². The van der Waals surface area contributed by atoms with Crippen LogP contribution in [0, 0.1) is 5.82 Å². The number of nitrogens with two attached hydrogens (primary N) is 1. The van der Waals surface area contributed by atoms with E-state index in [1.807, 2.05) is 0 Å². The summed E-state index contributed by atoms with van der Waals surface area (Å²) in [6, 6.07) is 3.56. The molecule has 0 amide bonds. The van der Waals surface area contributed by atoms with Crippen molar-refractivity contribution < 1.29 is 17.5 Å². The third-order valence-corrected chi connectivity index (χ3v) is 5.09. The van der Waals surface area contributed by atoms with E-state index in [1.54, 1.807) is 7.11 Å². The summed E-state index contributed by atoms with van der Waals surface area (Å²) in [6.45, 7) is 0.160. The van der Waals surface area contributed by atoms with Crippen molar-refractivity contribution in [2.75, 3.05) is 7.11 Å². The lowest BCUT2D eigenvalue weighted by Gasteiger charge is -2.20. The lowest BCUT2D eigenvalue weighted by molar-refractivity contribution is 0.0916. The van der Waals surface area contributed by atoms with Gasteiger partial charge >= 0.3 is 0 Å². The van der Waals surface area contributed by atoms with Crippen LogP contribution in [0.2, 0.25) is 0 Å². The Labute approximate surface area is 118 Å². The van der Waals surface area contributed by atoms with Gasteiger partial charge in [-0.1, -0.05) is 6.07 Å². The van der Waals surface area contributed by atoms with Gasteiger partial charge in [0.15, 0.2) is 0 Å². The van der Waals surface area contributed by atoms with Crippen LogP contribution in [0.25, 0.3) is 0 Å². The Hall–Kier alpha value is -1.02. The second-order valence-corrected chi connectivity index (χ2v) is 6.58. The molecule has 7 heteroatoms. The highest BCUT2D eigenvalue weighted by molar-refractivity contribution is 7.89. The molecule has 1 fully saturated rings. The first-order valence-corrected chi connectivity index (χ1v) is 8.00. The zero-order valence-corrected chi connectivity index (χ0v) is 12.1. The number of benzene rings is 1. The van der Waals surface area contributed by atoms with Gasteiger partial charge in [-0.25, -0.2) is 17.5 Å². The van der Waals surface area contributed by atoms with Gasteiger partial charge in [0.05, 0.1) is 6.10 Å². The van der Waals surface area contributed by atoms with Crippen molar-refractivity contribution in [2.24, 2.45) is 5.73 Å². The first kappa shape index (κ1) is 15.4. The molecule has 0 aliphatic heterocycles. The fraction of sp³-hybridized carbons (Fsp3) is 0.538. The first-order valence-electron chi connectivity index (χ1n) is 6.51. The molecule has 2 rings (SSSR count). The Bertz CT molecular complexity index is 577. The number of nitrogens with one attached hydrogen (secondary N) is 1. The molecule has 0 aromatic heterocycles. The summed E-state index contributed by atoms with van der Waals surface area (Å²) in [5.74, 6) is -0.776. The maximum Gasteiger partial charge on any atom is 0.243 e. The number of sulfonamides is 1. The molecule has 0 heterocycles. The minimum atomic E-state index is -3.91. The molecule has 1 aromatic carbocycles. The highest BCUT2D eigenvalue weighted by Gasteiger charge is 2.32. The average molecular weight is 302 g/mol. The molecule has 2 atom stereocenters. The van der Waals surface area contributed by atoms with Crippen LogP contribution in [0.4, 0.5) is 4.39 Å². The number of hydrogen-bond acceptors (Lipinski definition) is 4. The maximum absolute atomic E-state index is 13.8. The quantitative estimate of drug-likeness (QED) is 0.854. The maximum atomic E-state index is 13.8. The van der Waals surface area contributed by atoms with Crippen molar-refractivity contribution in [3.8, 4) is 0 Å². The first-order chi connectivity index (χ1) is 9.47. The zero-order valence-electron chi connectivity index (χ0n) is 11.3. The summed E-state index contributed by atoms with van der Waals surface area (Å²) in [5, 5.41) is 0. The van der Waals surface area contributed by atoms with E-state index in [4.69, 9.17) is 10.5 Å². The summed E-state index contributed by atoms with van der Waals surface area (Å²) >= 11 is 0. The minimum absolute atomic E-state index is 0.160. The molecule has 0 saturated heterocycles. The second-order valence-electron chi connectivity index (χ2n) is 4.90. The molecule has 5 nitrogen and oxygen atoms in total. The Morgan fingerprint density at radius 1 is 1.45 bits per heavy atom. The van der Waals surface area contributed by atoms with Gasteiger partial charge in [0.1, 0.15) is 10.7 Å². The Morgan fingerprint density at radius 2 is 2.20 bits per heavy atom. The molecule has 1 aliphatic carbocycles. The molecule has 2 unspecified atom stereocenters. The van der Waals surface area contributed by atoms with Crippen molar-refractivity contribution in [3.05, 3.63) is 29.6 Å². The van der Waals surface area contributed by atoms with Crippen molar-refractivity contribution in [1.29, 1.82) is 0 Å². The van der Waals surface area contributed by atoms with Gasteiger partial charge in [0, 0.05) is 19.7 Å². The molecule has 1 aromatic rings. The molecule has 1 saturated carbocycles. The van der Waals surface area contributed by atoms with Crippen molar-refractivity contribution in [3.63, 3.8) is 0 Å². The fourth-order valence-electron chi connectivity index (χ4n) is 2.49. The van der Waals surface area contributed by atoms with Gasteiger partial charge in [0.25, 0.3) is 0 Å². The molecule has 0 radical (unpaired) electrons. The van der Waals surface area contributed by atoms with Crippen LogP contribution in [0.1, 0.15) is 24.8 Å². The molecule has 0 spiro atoms. The number of rotatable bonds is 5. The zero-order chi connectivity index (χ0) is 14.8. The summed E-state index contributed by atoms with van der Waals surface area (Å²) in [6.07, 6.45) is 2.22. The number of methoxy groups -OCH3 is 1.